The normalized spacial score (nSPS) is 9.79. The van der Waals surface area contributed by atoms with Gasteiger partial charge in [0.1, 0.15) is 0 Å². The number of hydrogen-bond donors (Lipinski definition) is 1. The zero-order valence-electron chi connectivity index (χ0n) is 7.69. The number of rotatable bonds is 4. The molecular formula is C11H11Cl2N. The summed E-state index contributed by atoms with van der Waals surface area (Å²) in [6, 6.07) is 5.59. The highest BCUT2D eigenvalue weighted by molar-refractivity contribution is 6.42. The van der Waals surface area contributed by atoms with Crippen LogP contribution in [-0.2, 0) is 6.54 Å². The average Bonchev–Trinajstić information content (AvgIpc) is 2.18. The molecular weight excluding hydrogens is 217 g/mol. The Morgan fingerprint density at radius 3 is 2.71 bits per heavy atom. The number of benzene rings is 1. The van der Waals surface area contributed by atoms with Gasteiger partial charge in [0.05, 0.1) is 10.0 Å². The van der Waals surface area contributed by atoms with E-state index in [1.165, 1.54) is 0 Å². The van der Waals surface area contributed by atoms with Crippen molar-refractivity contribution in [2.45, 2.75) is 13.0 Å². The number of halogens is 2. The van der Waals surface area contributed by atoms with E-state index >= 15 is 0 Å². The first-order valence-electron chi connectivity index (χ1n) is 4.32. The second kappa shape index (κ2) is 5.93. The van der Waals surface area contributed by atoms with Crippen LogP contribution in [0.15, 0.2) is 18.2 Å². The molecule has 14 heavy (non-hydrogen) atoms. The second-order valence-corrected chi connectivity index (χ2v) is 3.69. The summed E-state index contributed by atoms with van der Waals surface area (Å²) in [5.74, 6) is 2.56. The minimum absolute atomic E-state index is 0.582. The molecule has 1 rings (SSSR count). The Balaban J connectivity index is 2.44. The summed E-state index contributed by atoms with van der Waals surface area (Å²) in [6.45, 7) is 1.58. The third kappa shape index (κ3) is 3.59. The fraction of sp³-hybridized carbons (Fsp3) is 0.273. The first-order valence-corrected chi connectivity index (χ1v) is 5.07. The number of nitrogens with one attached hydrogen (secondary N) is 1. The summed E-state index contributed by atoms with van der Waals surface area (Å²) in [4.78, 5) is 0. The van der Waals surface area contributed by atoms with Gasteiger partial charge in [0.25, 0.3) is 0 Å². The summed E-state index contributed by atoms with van der Waals surface area (Å²) in [5, 5.41) is 4.37. The van der Waals surface area contributed by atoms with E-state index in [2.05, 4.69) is 11.2 Å². The van der Waals surface area contributed by atoms with Crippen molar-refractivity contribution >= 4 is 23.2 Å². The van der Waals surface area contributed by atoms with Crippen LogP contribution in [0.1, 0.15) is 12.0 Å². The van der Waals surface area contributed by atoms with Gasteiger partial charge in [-0.15, -0.1) is 12.3 Å². The molecule has 0 saturated heterocycles. The van der Waals surface area contributed by atoms with Gasteiger partial charge in [-0.25, -0.2) is 0 Å². The van der Waals surface area contributed by atoms with E-state index in [0.717, 1.165) is 25.1 Å². The van der Waals surface area contributed by atoms with Gasteiger partial charge in [-0.05, 0) is 17.7 Å². The molecule has 0 saturated carbocycles. The molecule has 1 nitrogen and oxygen atoms in total. The van der Waals surface area contributed by atoms with Crippen LogP contribution < -0.4 is 5.32 Å². The molecule has 0 amide bonds. The van der Waals surface area contributed by atoms with Crippen molar-refractivity contribution in [3.8, 4) is 12.3 Å². The lowest BCUT2D eigenvalue weighted by Crippen LogP contribution is -2.13. The van der Waals surface area contributed by atoms with Gasteiger partial charge in [0.2, 0.25) is 0 Å². The zero-order valence-corrected chi connectivity index (χ0v) is 9.20. The molecule has 0 aliphatic heterocycles. The highest BCUT2D eigenvalue weighted by atomic mass is 35.5. The van der Waals surface area contributed by atoms with Crippen molar-refractivity contribution in [1.82, 2.24) is 5.32 Å². The van der Waals surface area contributed by atoms with Gasteiger partial charge in [-0.3, -0.25) is 0 Å². The predicted octanol–water partition coefficient (Wildman–Crippen LogP) is 3.11. The van der Waals surface area contributed by atoms with Crippen LogP contribution in [0.5, 0.6) is 0 Å². The van der Waals surface area contributed by atoms with E-state index in [9.17, 15) is 0 Å². The molecule has 74 valence electrons. The van der Waals surface area contributed by atoms with Crippen molar-refractivity contribution in [3.05, 3.63) is 33.8 Å². The van der Waals surface area contributed by atoms with E-state index in [1.807, 2.05) is 12.1 Å². The molecule has 0 aliphatic carbocycles. The highest BCUT2D eigenvalue weighted by Crippen LogP contribution is 2.22. The standard InChI is InChI=1S/C11H11Cl2N/c1-2-3-6-14-8-9-4-5-10(12)11(13)7-9/h1,4-5,7,14H,3,6,8H2. The molecule has 0 heterocycles. The molecule has 0 aromatic heterocycles. The van der Waals surface area contributed by atoms with Crippen LogP contribution in [0.2, 0.25) is 10.0 Å². The Bertz CT molecular complexity index is 342. The summed E-state index contributed by atoms with van der Waals surface area (Å²) in [6.07, 6.45) is 5.86. The fourth-order valence-corrected chi connectivity index (χ4v) is 1.36. The highest BCUT2D eigenvalue weighted by Gasteiger charge is 1.98. The third-order valence-electron chi connectivity index (χ3n) is 1.76. The Kier molecular flexibility index (Phi) is 4.82. The van der Waals surface area contributed by atoms with Gasteiger partial charge in [-0.2, -0.15) is 0 Å². The van der Waals surface area contributed by atoms with E-state index in [1.54, 1.807) is 6.07 Å². The maximum Gasteiger partial charge on any atom is 0.0595 e. The lowest BCUT2D eigenvalue weighted by Gasteiger charge is -2.04. The minimum atomic E-state index is 0.582. The number of hydrogen-bond acceptors (Lipinski definition) is 1. The molecule has 3 heteroatoms. The predicted molar refractivity (Wildman–Crippen MR) is 61.6 cm³/mol. The van der Waals surface area contributed by atoms with E-state index in [-0.39, 0.29) is 0 Å². The SMILES string of the molecule is C#CCCNCc1ccc(Cl)c(Cl)c1. The van der Waals surface area contributed by atoms with E-state index < -0.39 is 0 Å². The molecule has 0 atom stereocenters. The van der Waals surface area contributed by atoms with Gasteiger partial charge in [-0.1, -0.05) is 29.3 Å². The molecule has 0 spiro atoms. The lowest BCUT2D eigenvalue weighted by molar-refractivity contribution is 0.701. The molecule has 1 aromatic carbocycles. The van der Waals surface area contributed by atoms with Crippen molar-refractivity contribution in [2.24, 2.45) is 0 Å². The molecule has 1 N–H and O–H groups in total. The minimum Gasteiger partial charge on any atom is -0.312 e. The average molecular weight is 228 g/mol. The summed E-state index contributed by atoms with van der Waals surface area (Å²) < 4.78 is 0. The van der Waals surface area contributed by atoms with E-state index in [0.29, 0.717) is 10.0 Å². The molecule has 0 radical (unpaired) electrons. The van der Waals surface area contributed by atoms with Crippen molar-refractivity contribution in [1.29, 1.82) is 0 Å². The van der Waals surface area contributed by atoms with Crippen molar-refractivity contribution < 1.29 is 0 Å². The molecule has 0 unspecified atom stereocenters. The molecule has 0 fully saturated rings. The smallest absolute Gasteiger partial charge is 0.0595 e. The van der Waals surface area contributed by atoms with Gasteiger partial charge < -0.3 is 5.32 Å². The van der Waals surface area contributed by atoms with Crippen LogP contribution >= 0.6 is 23.2 Å². The summed E-state index contributed by atoms with van der Waals surface area (Å²) in [7, 11) is 0. The Labute approximate surface area is 94.4 Å². The van der Waals surface area contributed by atoms with Crippen molar-refractivity contribution in [3.63, 3.8) is 0 Å². The monoisotopic (exact) mass is 227 g/mol. The summed E-state index contributed by atoms with van der Waals surface area (Å²) in [5.41, 5.74) is 1.11. The molecule has 1 aromatic rings. The van der Waals surface area contributed by atoms with Crippen molar-refractivity contribution in [2.75, 3.05) is 6.54 Å². The van der Waals surface area contributed by atoms with Crippen LogP contribution in [0, 0.1) is 12.3 Å². The zero-order chi connectivity index (χ0) is 10.4. The van der Waals surface area contributed by atoms with Crippen LogP contribution in [0.3, 0.4) is 0 Å². The Morgan fingerprint density at radius 1 is 1.29 bits per heavy atom. The second-order valence-electron chi connectivity index (χ2n) is 2.88. The Morgan fingerprint density at radius 2 is 2.07 bits per heavy atom. The number of terminal acetylenes is 1. The molecule has 0 aliphatic rings. The van der Waals surface area contributed by atoms with Gasteiger partial charge in [0, 0.05) is 19.5 Å². The fourth-order valence-electron chi connectivity index (χ4n) is 1.04. The lowest BCUT2D eigenvalue weighted by atomic mass is 10.2. The maximum absolute atomic E-state index is 5.86. The largest absolute Gasteiger partial charge is 0.312 e. The maximum atomic E-state index is 5.86. The third-order valence-corrected chi connectivity index (χ3v) is 2.50. The molecule has 0 bridgehead atoms. The summed E-state index contributed by atoms with van der Waals surface area (Å²) >= 11 is 11.6. The van der Waals surface area contributed by atoms with Crippen LogP contribution in [0.4, 0.5) is 0 Å². The van der Waals surface area contributed by atoms with Crippen LogP contribution in [-0.4, -0.2) is 6.54 Å². The quantitative estimate of drug-likeness (QED) is 0.616. The van der Waals surface area contributed by atoms with Gasteiger partial charge in [0.15, 0.2) is 0 Å². The van der Waals surface area contributed by atoms with Crippen LogP contribution in [0.25, 0.3) is 0 Å². The first kappa shape index (κ1) is 11.4. The topological polar surface area (TPSA) is 12.0 Å². The van der Waals surface area contributed by atoms with Gasteiger partial charge >= 0.3 is 0 Å². The first-order chi connectivity index (χ1) is 6.74. The Hall–Kier alpha value is -0.680. The van der Waals surface area contributed by atoms with E-state index in [4.69, 9.17) is 29.6 Å².